The van der Waals surface area contributed by atoms with Crippen molar-refractivity contribution < 1.29 is 19.7 Å². The molecule has 1 rings (SSSR count). The van der Waals surface area contributed by atoms with Crippen LogP contribution in [-0.2, 0) is 11.2 Å². The average molecular weight is 377 g/mol. The number of methoxy groups -OCH3 is 1. The van der Waals surface area contributed by atoms with Crippen LogP contribution in [0.2, 0.25) is 0 Å². The van der Waals surface area contributed by atoms with E-state index >= 15 is 0 Å². The Balaban J connectivity index is 2.18. The van der Waals surface area contributed by atoms with Crippen molar-refractivity contribution in [1.29, 1.82) is 0 Å². The van der Waals surface area contributed by atoms with Crippen LogP contribution in [-0.4, -0.2) is 23.1 Å². The molecule has 0 bridgehead atoms. The van der Waals surface area contributed by atoms with Crippen LogP contribution in [0.4, 0.5) is 0 Å². The van der Waals surface area contributed by atoms with Crippen LogP contribution in [0.3, 0.4) is 0 Å². The van der Waals surface area contributed by atoms with Gasteiger partial charge in [-0.1, -0.05) is 64.4 Å². The number of aliphatic hydroxyl groups is 1. The molecule has 0 aliphatic heterocycles. The Morgan fingerprint density at radius 1 is 1.00 bits per heavy atom. The number of ketones is 1. The minimum atomic E-state index is -0.00117. The van der Waals surface area contributed by atoms with E-state index in [1.807, 2.05) is 0 Å². The van der Waals surface area contributed by atoms with Crippen molar-refractivity contribution in [2.75, 3.05) is 7.11 Å². The van der Waals surface area contributed by atoms with Gasteiger partial charge in [0.25, 0.3) is 0 Å². The van der Waals surface area contributed by atoms with E-state index < -0.39 is 0 Å². The van der Waals surface area contributed by atoms with Crippen molar-refractivity contribution in [1.82, 2.24) is 0 Å². The highest BCUT2D eigenvalue weighted by molar-refractivity contribution is 5.89. The van der Waals surface area contributed by atoms with E-state index in [1.165, 1.54) is 58.1 Å². The molecule has 0 amide bonds. The summed E-state index contributed by atoms with van der Waals surface area (Å²) in [6, 6.07) is 5.10. The van der Waals surface area contributed by atoms with Crippen molar-refractivity contribution in [3.05, 3.63) is 35.6 Å². The molecule has 1 aromatic carbocycles. The largest absolute Gasteiger partial charge is 0.512 e. The van der Waals surface area contributed by atoms with Crippen molar-refractivity contribution in [3.8, 4) is 11.5 Å². The lowest BCUT2D eigenvalue weighted by molar-refractivity contribution is -0.114. The number of benzene rings is 1. The van der Waals surface area contributed by atoms with E-state index in [9.17, 15) is 15.0 Å². The smallest absolute Gasteiger partial charge is 0.160 e. The van der Waals surface area contributed by atoms with Gasteiger partial charge in [-0.2, -0.15) is 0 Å². The molecule has 0 unspecified atom stereocenters. The summed E-state index contributed by atoms with van der Waals surface area (Å²) in [4.78, 5) is 11.9. The van der Waals surface area contributed by atoms with Gasteiger partial charge in [0.1, 0.15) is 0 Å². The molecule has 0 fully saturated rings. The molecule has 0 atom stereocenters. The van der Waals surface area contributed by atoms with E-state index in [2.05, 4.69) is 6.92 Å². The van der Waals surface area contributed by atoms with E-state index in [0.717, 1.165) is 18.4 Å². The SMILES string of the molecule is CCCCCCCCCCCC(=O)/C=C(\O)CCc1ccc(O)c(OC)c1. The lowest BCUT2D eigenvalue weighted by atomic mass is 10.0. The lowest BCUT2D eigenvalue weighted by Gasteiger charge is -2.06. The van der Waals surface area contributed by atoms with Crippen LogP contribution in [0.15, 0.2) is 30.0 Å². The number of aliphatic hydroxyl groups excluding tert-OH is 1. The van der Waals surface area contributed by atoms with Gasteiger partial charge < -0.3 is 14.9 Å². The van der Waals surface area contributed by atoms with Gasteiger partial charge in [-0.15, -0.1) is 0 Å². The summed E-state index contributed by atoms with van der Waals surface area (Å²) in [7, 11) is 1.50. The summed E-state index contributed by atoms with van der Waals surface area (Å²) >= 11 is 0. The van der Waals surface area contributed by atoms with E-state index in [4.69, 9.17) is 4.74 Å². The molecular weight excluding hydrogens is 340 g/mol. The molecule has 0 aromatic heterocycles. The molecule has 0 saturated carbocycles. The molecule has 27 heavy (non-hydrogen) atoms. The highest BCUT2D eigenvalue weighted by atomic mass is 16.5. The number of unbranched alkanes of at least 4 members (excludes halogenated alkanes) is 8. The quantitative estimate of drug-likeness (QED) is 0.215. The number of aromatic hydroxyl groups is 1. The number of phenols is 1. The van der Waals surface area contributed by atoms with Crippen LogP contribution in [0.25, 0.3) is 0 Å². The zero-order chi connectivity index (χ0) is 19.9. The van der Waals surface area contributed by atoms with Gasteiger partial charge in [0.05, 0.1) is 12.9 Å². The molecule has 4 heteroatoms. The second-order valence-corrected chi connectivity index (χ2v) is 7.19. The fourth-order valence-electron chi connectivity index (χ4n) is 3.09. The van der Waals surface area contributed by atoms with Crippen LogP contribution < -0.4 is 4.74 Å². The van der Waals surface area contributed by atoms with Gasteiger partial charge in [-0.25, -0.2) is 0 Å². The van der Waals surface area contributed by atoms with Crippen LogP contribution in [0.5, 0.6) is 11.5 Å². The van der Waals surface area contributed by atoms with Gasteiger partial charge in [0.15, 0.2) is 17.3 Å². The fourth-order valence-corrected chi connectivity index (χ4v) is 3.09. The molecular formula is C23H36O4. The first kappa shape index (κ1) is 23.1. The van der Waals surface area contributed by atoms with E-state index in [-0.39, 0.29) is 17.3 Å². The van der Waals surface area contributed by atoms with E-state index in [0.29, 0.717) is 25.0 Å². The van der Waals surface area contributed by atoms with Crippen molar-refractivity contribution >= 4 is 5.78 Å². The van der Waals surface area contributed by atoms with Gasteiger partial charge in [0.2, 0.25) is 0 Å². The topological polar surface area (TPSA) is 66.8 Å². The number of ether oxygens (including phenoxy) is 1. The lowest BCUT2D eigenvalue weighted by Crippen LogP contribution is -1.97. The first-order valence-electron chi connectivity index (χ1n) is 10.3. The molecule has 0 aliphatic rings. The van der Waals surface area contributed by atoms with Gasteiger partial charge in [-0.05, 0) is 30.5 Å². The Kier molecular flexibility index (Phi) is 12.1. The number of phenolic OH excluding ortho intramolecular Hbond substituents is 1. The summed E-state index contributed by atoms with van der Waals surface area (Å²) in [6.07, 6.45) is 13.9. The van der Waals surface area contributed by atoms with Crippen LogP contribution >= 0.6 is 0 Å². The highest BCUT2D eigenvalue weighted by Gasteiger charge is 2.05. The van der Waals surface area contributed by atoms with E-state index in [1.54, 1.807) is 18.2 Å². The number of hydrogen-bond donors (Lipinski definition) is 2. The minimum absolute atomic E-state index is 0.00117. The van der Waals surface area contributed by atoms with Gasteiger partial charge >= 0.3 is 0 Å². The highest BCUT2D eigenvalue weighted by Crippen LogP contribution is 2.27. The first-order valence-corrected chi connectivity index (χ1v) is 10.3. The second-order valence-electron chi connectivity index (χ2n) is 7.19. The normalized spacial score (nSPS) is 11.6. The van der Waals surface area contributed by atoms with Crippen molar-refractivity contribution in [3.63, 3.8) is 0 Å². The summed E-state index contributed by atoms with van der Waals surface area (Å²) in [5.41, 5.74) is 0.941. The zero-order valence-electron chi connectivity index (χ0n) is 17.0. The predicted octanol–water partition coefficient (Wildman–Crippen LogP) is 6.27. The maximum atomic E-state index is 11.9. The Morgan fingerprint density at radius 3 is 2.26 bits per heavy atom. The monoisotopic (exact) mass is 376 g/mol. The fraction of sp³-hybridized carbons (Fsp3) is 0.609. The molecule has 1 aromatic rings. The Hall–Kier alpha value is -1.97. The molecule has 0 aliphatic carbocycles. The number of aryl methyl sites for hydroxylation is 1. The third-order valence-electron chi connectivity index (χ3n) is 4.77. The Labute approximate surface area is 164 Å². The molecule has 152 valence electrons. The number of hydrogen-bond acceptors (Lipinski definition) is 4. The number of carbonyl (C=O) groups is 1. The summed E-state index contributed by atoms with van der Waals surface area (Å²) < 4.78 is 5.07. The summed E-state index contributed by atoms with van der Waals surface area (Å²) in [5, 5.41) is 19.6. The van der Waals surface area contributed by atoms with Crippen molar-refractivity contribution in [2.24, 2.45) is 0 Å². The minimum Gasteiger partial charge on any atom is -0.512 e. The maximum Gasteiger partial charge on any atom is 0.160 e. The molecule has 2 N–H and O–H groups in total. The first-order chi connectivity index (χ1) is 13.1. The summed E-state index contributed by atoms with van der Waals surface area (Å²) in [5.74, 6) is 0.622. The van der Waals surface area contributed by atoms with Crippen LogP contribution in [0.1, 0.15) is 83.1 Å². The maximum absolute atomic E-state index is 11.9. The second kappa shape index (κ2) is 14.1. The number of rotatable bonds is 15. The van der Waals surface area contributed by atoms with Gasteiger partial charge in [0, 0.05) is 18.9 Å². The number of allylic oxidation sites excluding steroid dienone is 2. The Morgan fingerprint density at radius 2 is 1.63 bits per heavy atom. The molecule has 0 heterocycles. The van der Waals surface area contributed by atoms with Crippen molar-refractivity contribution in [2.45, 2.75) is 84.0 Å². The molecule has 0 saturated heterocycles. The third-order valence-corrected chi connectivity index (χ3v) is 4.77. The zero-order valence-corrected chi connectivity index (χ0v) is 17.0. The molecule has 0 radical (unpaired) electrons. The Bertz CT molecular complexity index is 578. The molecule has 0 spiro atoms. The summed E-state index contributed by atoms with van der Waals surface area (Å²) in [6.45, 7) is 2.23. The standard InChI is InChI=1S/C23H36O4/c1-3-4-5-6-7-8-9-10-11-12-20(24)18-21(25)15-13-19-14-16-22(26)23(17-19)27-2/h14,16-18,25-26H,3-13,15H2,1-2H3/b21-18-. The third kappa shape index (κ3) is 10.7. The molecule has 4 nitrogen and oxygen atoms in total. The van der Waals surface area contributed by atoms with Gasteiger partial charge in [-0.3, -0.25) is 4.79 Å². The van der Waals surface area contributed by atoms with Crippen LogP contribution in [0, 0.1) is 0 Å². The predicted molar refractivity (Wildman–Crippen MR) is 111 cm³/mol. The average Bonchev–Trinajstić information content (AvgIpc) is 2.66. The number of carbonyl (C=O) groups excluding carboxylic acids is 1.